The fourth-order valence-electron chi connectivity index (χ4n) is 2.47. The van der Waals surface area contributed by atoms with Gasteiger partial charge in [-0.2, -0.15) is 13.2 Å². The number of hydrogen-bond acceptors (Lipinski definition) is 4. The van der Waals surface area contributed by atoms with Gasteiger partial charge in [-0.25, -0.2) is 9.36 Å². The second-order valence-corrected chi connectivity index (χ2v) is 7.45. The average molecular weight is 438 g/mol. The molecule has 0 fully saturated rings. The first kappa shape index (κ1) is 20.7. The summed E-state index contributed by atoms with van der Waals surface area (Å²) in [5.74, 6) is -3.67. The van der Waals surface area contributed by atoms with Crippen molar-refractivity contribution in [1.82, 2.24) is 4.57 Å². The van der Waals surface area contributed by atoms with Crippen molar-refractivity contribution in [2.24, 2.45) is 0 Å². The Kier molecular flexibility index (Phi) is 5.47. The van der Waals surface area contributed by atoms with Gasteiger partial charge < -0.3 is 14.6 Å². The van der Waals surface area contributed by atoms with Crippen LogP contribution in [0.25, 0.3) is 10.9 Å². The molecule has 144 valence electrons. The van der Waals surface area contributed by atoms with Crippen molar-refractivity contribution in [2.45, 2.75) is 45.3 Å². The number of rotatable bonds is 3. The lowest BCUT2D eigenvalue weighted by Crippen LogP contribution is -2.47. The molecule has 1 atom stereocenters. The highest BCUT2D eigenvalue weighted by atomic mass is 79.9. The van der Waals surface area contributed by atoms with Crippen LogP contribution in [0.15, 0.2) is 28.7 Å². The molecule has 0 saturated heterocycles. The number of fused-ring (bicyclic) bond motifs is 1. The highest BCUT2D eigenvalue weighted by molar-refractivity contribution is 9.10. The van der Waals surface area contributed by atoms with Crippen LogP contribution in [-0.4, -0.2) is 34.2 Å². The van der Waals surface area contributed by atoms with Crippen LogP contribution >= 0.6 is 15.9 Å². The fraction of sp³-hybridized carbons (Fsp3) is 0.471. The molecule has 2 rings (SSSR count). The van der Waals surface area contributed by atoms with Crippen molar-refractivity contribution in [2.75, 3.05) is 6.61 Å². The van der Waals surface area contributed by atoms with E-state index in [9.17, 15) is 23.1 Å². The zero-order valence-corrected chi connectivity index (χ0v) is 16.2. The lowest BCUT2D eigenvalue weighted by Gasteiger charge is -2.31. The van der Waals surface area contributed by atoms with Crippen molar-refractivity contribution in [3.63, 3.8) is 0 Å². The maximum absolute atomic E-state index is 13.6. The molecule has 0 aliphatic heterocycles. The van der Waals surface area contributed by atoms with E-state index in [0.717, 1.165) is 6.07 Å². The van der Waals surface area contributed by atoms with E-state index in [1.807, 2.05) is 0 Å². The summed E-state index contributed by atoms with van der Waals surface area (Å²) in [7, 11) is 0. The summed E-state index contributed by atoms with van der Waals surface area (Å²) in [5, 5.41) is 10.7. The van der Waals surface area contributed by atoms with Gasteiger partial charge >= 0.3 is 18.1 Å². The molecule has 0 radical (unpaired) electrons. The number of alkyl halides is 3. The summed E-state index contributed by atoms with van der Waals surface area (Å²) < 4.78 is 51.9. The molecule has 2 aromatic rings. The number of aromatic nitrogens is 1. The van der Waals surface area contributed by atoms with Gasteiger partial charge in [-0.3, -0.25) is 0 Å². The van der Waals surface area contributed by atoms with Gasteiger partial charge in [0, 0.05) is 16.5 Å². The lowest BCUT2D eigenvalue weighted by atomic mass is 10.1. The number of ether oxygens (including phenoxy) is 2. The van der Waals surface area contributed by atoms with Crippen molar-refractivity contribution in [3.05, 3.63) is 34.4 Å². The second-order valence-electron chi connectivity index (χ2n) is 6.60. The normalized spacial score (nSPS) is 15.1. The quantitative estimate of drug-likeness (QED) is 0.691. The first-order valence-corrected chi connectivity index (χ1v) is 8.58. The minimum atomic E-state index is -5.18. The smallest absolute Gasteiger partial charge is 0.443 e. The van der Waals surface area contributed by atoms with Crippen LogP contribution in [0.4, 0.5) is 18.0 Å². The summed E-state index contributed by atoms with van der Waals surface area (Å²) in [6.45, 7) is 5.65. The van der Waals surface area contributed by atoms with Gasteiger partial charge in [0.05, 0.1) is 11.2 Å². The maximum Gasteiger partial charge on any atom is 0.449 e. The molecule has 0 spiro atoms. The molecule has 1 heterocycles. The number of hydrogen-bond donors (Lipinski definition) is 1. The predicted octanol–water partition coefficient (Wildman–Crippen LogP) is 4.93. The number of halogens is 4. The molecule has 0 aliphatic rings. The predicted molar refractivity (Wildman–Crippen MR) is 92.8 cm³/mol. The summed E-state index contributed by atoms with van der Waals surface area (Å²) >= 11 is 3.23. The Morgan fingerprint density at radius 2 is 1.88 bits per heavy atom. The third-order valence-electron chi connectivity index (χ3n) is 3.44. The van der Waals surface area contributed by atoms with E-state index in [2.05, 4.69) is 20.7 Å². The largest absolute Gasteiger partial charge is 0.449 e. The Bertz CT molecular complexity index is 826. The third-order valence-corrected chi connectivity index (χ3v) is 4.08. The molecule has 9 heteroatoms. The summed E-state index contributed by atoms with van der Waals surface area (Å²) in [6, 6.07) is 5.75. The van der Waals surface area contributed by atoms with Gasteiger partial charge in [-0.1, -0.05) is 12.1 Å². The van der Waals surface area contributed by atoms with Crippen molar-refractivity contribution in [1.29, 1.82) is 0 Å². The zero-order chi connectivity index (χ0) is 19.9. The Hall–Kier alpha value is -1.58. The minimum absolute atomic E-state index is 0.138. The number of benzene rings is 1. The maximum atomic E-state index is 13.6. The standard InChI is InChI=1S/C17H19BrF3NO4/c1-5-25-16(24,17(19,20)21)12-9-10-7-6-8-11(18)13(10)22(12)14(23)26-15(2,3)4/h6-9,24H,5H2,1-4H3. The van der Waals surface area contributed by atoms with E-state index in [-0.39, 0.29) is 5.52 Å². The topological polar surface area (TPSA) is 60.7 Å². The molecular weight excluding hydrogens is 419 g/mol. The van der Waals surface area contributed by atoms with Crippen LogP contribution in [-0.2, 0) is 15.3 Å². The van der Waals surface area contributed by atoms with Gasteiger partial charge in [0.25, 0.3) is 0 Å². The van der Waals surface area contributed by atoms with E-state index in [1.165, 1.54) is 13.0 Å². The number of carbonyl (C=O) groups excluding carboxylic acids is 1. The first-order valence-electron chi connectivity index (χ1n) is 7.78. The van der Waals surface area contributed by atoms with Crippen LogP contribution in [0.5, 0.6) is 0 Å². The van der Waals surface area contributed by atoms with Gasteiger partial charge in [0.2, 0.25) is 0 Å². The Balaban J connectivity index is 2.83. The van der Waals surface area contributed by atoms with Crippen molar-refractivity contribution in [3.8, 4) is 0 Å². The van der Waals surface area contributed by atoms with Gasteiger partial charge in [0.1, 0.15) is 5.60 Å². The SMILES string of the molecule is CCOC(O)(c1cc2cccc(Br)c2n1C(=O)OC(C)(C)C)C(F)(F)F. The molecule has 5 nitrogen and oxygen atoms in total. The first-order chi connectivity index (χ1) is 11.8. The number of para-hydroxylation sites is 1. The fourth-order valence-corrected chi connectivity index (χ4v) is 3.03. The Morgan fingerprint density at radius 3 is 2.38 bits per heavy atom. The van der Waals surface area contributed by atoms with Gasteiger partial charge in [-0.15, -0.1) is 0 Å². The van der Waals surface area contributed by atoms with Crippen LogP contribution in [0.2, 0.25) is 0 Å². The van der Waals surface area contributed by atoms with Gasteiger partial charge in [-0.05, 0) is 55.8 Å². The van der Waals surface area contributed by atoms with Crippen molar-refractivity contribution >= 4 is 32.9 Å². The van der Waals surface area contributed by atoms with Crippen LogP contribution in [0.3, 0.4) is 0 Å². The summed E-state index contributed by atoms with van der Waals surface area (Å²) in [6.07, 6.45) is -6.24. The molecule has 0 bridgehead atoms. The molecule has 1 N–H and O–H groups in total. The Morgan fingerprint density at radius 1 is 1.27 bits per heavy atom. The molecule has 1 aromatic heterocycles. The van der Waals surface area contributed by atoms with E-state index in [1.54, 1.807) is 32.9 Å². The van der Waals surface area contributed by atoms with E-state index < -0.39 is 36.0 Å². The van der Waals surface area contributed by atoms with Crippen LogP contribution in [0.1, 0.15) is 33.4 Å². The summed E-state index contributed by atoms with van der Waals surface area (Å²) in [5.41, 5.74) is -1.59. The average Bonchev–Trinajstić information content (AvgIpc) is 2.85. The van der Waals surface area contributed by atoms with Gasteiger partial charge in [0.15, 0.2) is 0 Å². The minimum Gasteiger partial charge on any atom is -0.443 e. The highest BCUT2D eigenvalue weighted by Gasteiger charge is 2.59. The highest BCUT2D eigenvalue weighted by Crippen LogP contribution is 2.43. The molecule has 1 aromatic carbocycles. The second kappa shape index (κ2) is 6.86. The summed E-state index contributed by atoms with van der Waals surface area (Å²) in [4.78, 5) is 12.7. The molecule has 1 unspecified atom stereocenters. The molecule has 0 aliphatic carbocycles. The monoisotopic (exact) mass is 437 g/mol. The number of nitrogens with zero attached hydrogens (tertiary/aromatic N) is 1. The number of aliphatic hydroxyl groups is 1. The van der Waals surface area contributed by atoms with Crippen LogP contribution in [0, 0.1) is 0 Å². The molecule has 0 amide bonds. The lowest BCUT2D eigenvalue weighted by molar-refractivity contribution is -0.376. The van der Waals surface area contributed by atoms with Crippen molar-refractivity contribution < 1.29 is 32.5 Å². The van der Waals surface area contributed by atoms with E-state index >= 15 is 0 Å². The zero-order valence-electron chi connectivity index (χ0n) is 14.6. The van der Waals surface area contributed by atoms with Crippen LogP contribution < -0.4 is 0 Å². The van der Waals surface area contributed by atoms with E-state index in [0.29, 0.717) is 14.4 Å². The molecule has 0 saturated carbocycles. The van der Waals surface area contributed by atoms with E-state index in [4.69, 9.17) is 4.74 Å². The number of carbonyl (C=O) groups is 1. The molecule has 26 heavy (non-hydrogen) atoms. The third kappa shape index (κ3) is 3.74. The Labute approximate surface area is 156 Å². The molecular formula is C17H19BrF3NO4.